The highest BCUT2D eigenvalue weighted by molar-refractivity contribution is 5.68. The molecule has 0 aliphatic carbocycles. The topological polar surface area (TPSA) is 78.8 Å². The Balaban J connectivity index is 4.47. The molecule has 1 amide bonds. The second-order valence-electron chi connectivity index (χ2n) is 4.42. The van der Waals surface area contributed by atoms with E-state index in [9.17, 15) is 18.0 Å². The number of aliphatic hydroxyl groups excluding tert-OH is 2. The first kappa shape index (κ1) is 16.0. The third-order valence-electron chi connectivity index (χ3n) is 1.62. The fraction of sp³-hybridized carbons (Fsp3) is 0.889. The van der Waals surface area contributed by atoms with Crippen molar-refractivity contribution in [3.05, 3.63) is 0 Å². The minimum Gasteiger partial charge on any atom is -0.444 e. The average Bonchev–Trinajstić information content (AvgIpc) is 2.08. The van der Waals surface area contributed by atoms with Crippen LogP contribution in [-0.4, -0.2) is 46.8 Å². The molecule has 17 heavy (non-hydrogen) atoms. The maximum Gasteiger partial charge on any atom is 0.416 e. The van der Waals surface area contributed by atoms with E-state index in [1.165, 1.54) is 20.8 Å². The number of alkyl halides is 3. The Bertz CT molecular complexity index is 262. The molecule has 0 saturated heterocycles. The van der Waals surface area contributed by atoms with E-state index in [4.69, 9.17) is 14.9 Å². The summed E-state index contributed by atoms with van der Waals surface area (Å²) in [6, 6.07) is -1.86. The van der Waals surface area contributed by atoms with Gasteiger partial charge in [0, 0.05) is 0 Å². The Labute approximate surface area is 96.6 Å². The molecule has 2 atom stereocenters. The van der Waals surface area contributed by atoms with Gasteiger partial charge in [0.25, 0.3) is 0 Å². The van der Waals surface area contributed by atoms with Crippen LogP contribution in [0.5, 0.6) is 0 Å². The number of carbonyl (C=O) groups is 1. The second-order valence-corrected chi connectivity index (χ2v) is 4.42. The monoisotopic (exact) mass is 259 g/mol. The van der Waals surface area contributed by atoms with Crippen LogP contribution in [-0.2, 0) is 4.74 Å². The molecule has 0 fully saturated rings. The van der Waals surface area contributed by atoms with Crippen LogP contribution >= 0.6 is 0 Å². The Morgan fingerprint density at radius 2 is 1.82 bits per heavy atom. The van der Waals surface area contributed by atoms with E-state index in [0.29, 0.717) is 0 Å². The standard InChI is InChI=1S/C9H16F3NO4/c1-8(2,3)17-7(16)13-5(4-14)6(15)9(10,11)12/h5-6,14-15H,4H2,1-3H3,(H,13,16)/t5-,6-/m1/s1. The molecule has 0 heterocycles. The van der Waals surface area contributed by atoms with Gasteiger partial charge >= 0.3 is 12.3 Å². The number of alkyl carbamates (subject to hydrolysis) is 1. The predicted octanol–water partition coefficient (Wildman–Crippen LogP) is 0.795. The molecule has 0 bridgehead atoms. The number of amides is 1. The zero-order valence-electron chi connectivity index (χ0n) is 9.71. The number of hydrogen-bond acceptors (Lipinski definition) is 4. The molecule has 0 unspecified atom stereocenters. The number of halogens is 3. The minimum atomic E-state index is -4.93. The van der Waals surface area contributed by atoms with Gasteiger partial charge in [-0.1, -0.05) is 0 Å². The van der Waals surface area contributed by atoms with Crippen molar-refractivity contribution < 1.29 is 32.9 Å². The molecule has 0 aromatic heterocycles. The SMILES string of the molecule is CC(C)(C)OC(=O)N[C@H](CO)[C@@H](O)C(F)(F)F. The predicted molar refractivity (Wildman–Crippen MR) is 52.3 cm³/mol. The molecular weight excluding hydrogens is 243 g/mol. The number of ether oxygens (including phenoxy) is 1. The second kappa shape index (κ2) is 5.54. The van der Waals surface area contributed by atoms with E-state index in [2.05, 4.69) is 0 Å². The zero-order valence-corrected chi connectivity index (χ0v) is 9.71. The highest BCUT2D eigenvalue weighted by atomic mass is 19.4. The van der Waals surface area contributed by atoms with Gasteiger partial charge in [0.15, 0.2) is 6.10 Å². The summed E-state index contributed by atoms with van der Waals surface area (Å²) < 4.78 is 41.1. The molecule has 0 aromatic carbocycles. The normalized spacial score (nSPS) is 16.2. The molecule has 0 rings (SSSR count). The number of nitrogens with one attached hydrogen (secondary N) is 1. The summed E-state index contributed by atoms with van der Waals surface area (Å²) in [7, 11) is 0. The van der Waals surface area contributed by atoms with Crippen LogP contribution in [0.15, 0.2) is 0 Å². The van der Waals surface area contributed by atoms with Gasteiger partial charge < -0.3 is 20.3 Å². The smallest absolute Gasteiger partial charge is 0.416 e. The van der Waals surface area contributed by atoms with Gasteiger partial charge in [0.2, 0.25) is 0 Å². The van der Waals surface area contributed by atoms with Crippen molar-refractivity contribution in [2.75, 3.05) is 6.61 Å². The van der Waals surface area contributed by atoms with Crippen molar-refractivity contribution in [2.24, 2.45) is 0 Å². The number of carbonyl (C=O) groups excluding carboxylic acids is 1. The molecule has 3 N–H and O–H groups in total. The zero-order chi connectivity index (χ0) is 13.9. The van der Waals surface area contributed by atoms with Crippen molar-refractivity contribution in [2.45, 2.75) is 44.7 Å². The first-order valence-corrected chi connectivity index (χ1v) is 4.82. The van der Waals surface area contributed by atoms with Crippen molar-refractivity contribution in [1.29, 1.82) is 0 Å². The molecule has 0 aliphatic rings. The van der Waals surface area contributed by atoms with Crippen LogP contribution in [0.4, 0.5) is 18.0 Å². The quantitative estimate of drug-likeness (QED) is 0.700. The Kier molecular flexibility index (Phi) is 5.21. The third kappa shape index (κ3) is 6.32. The summed E-state index contributed by atoms with van der Waals surface area (Å²) >= 11 is 0. The van der Waals surface area contributed by atoms with Crippen molar-refractivity contribution in [3.8, 4) is 0 Å². The van der Waals surface area contributed by atoms with Crippen LogP contribution in [0.3, 0.4) is 0 Å². The lowest BCUT2D eigenvalue weighted by molar-refractivity contribution is -0.214. The van der Waals surface area contributed by atoms with Crippen LogP contribution in [0, 0.1) is 0 Å². The minimum absolute atomic E-state index is 0.882. The first-order chi connectivity index (χ1) is 7.47. The lowest BCUT2D eigenvalue weighted by Gasteiger charge is -2.26. The van der Waals surface area contributed by atoms with Gasteiger partial charge in [-0.2, -0.15) is 13.2 Å². The van der Waals surface area contributed by atoms with Gasteiger partial charge in [0.1, 0.15) is 5.60 Å². The number of aliphatic hydroxyl groups is 2. The highest BCUT2D eigenvalue weighted by Gasteiger charge is 2.44. The molecule has 8 heteroatoms. The first-order valence-electron chi connectivity index (χ1n) is 4.82. The number of hydrogen-bond donors (Lipinski definition) is 3. The van der Waals surface area contributed by atoms with Crippen LogP contribution < -0.4 is 5.32 Å². The molecule has 0 aliphatic heterocycles. The molecule has 5 nitrogen and oxygen atoms in total. The summed E-state index contributed by atoms with van der Waals surface area (Å²) in [6.45, 7) is 3.53. The Morgan fingerprint density at radius 1 is 1.35 bits per heavy atom. The summed E-state index contributed by atoms with van der Waals surface area (Å²) in [5, 5.41) is 19.3. The largest absolute Gasteiger partial charge is 0.444 e. The molecule has 102 valence electrons. The third-order valence-corrected chi connectivity index (χ3v) is 1.62. The maximum absolute atomic E-state index is 12.1. The van der Waals surface area contributed by atoms with Crippen molar-refractivity contribution >= 4 is 6.09 Å². The summed E-state index contributed by atoms with van der Waals surface area (Å²) in [5.41, 5.74) is -0.882. The average molecular weight is 259 g/mol. The molecule has 0 saturated carbocycles. The highest BCUT2D eigenvalue weighted by Crippen LogP contribution is 2.22. The molecular formula is C9H16F3NO4. The fourth-order valence-corrected chi connectivity index (χ4v) is 0.911. The molecule has 0 aromatic rings. The van der Waals surface area contributed by atoms with E-state index >= 15 is 0 Å². The van der Waals surface area contributed by atoms with Gasteiger partial charge in [0.05, 0.1) is 12.6 Å². The van der Waals surface area contributed by atoms with Crippen LogP contribution in [0.2, 0.25) is 0 Å². The van der Waals surface area contributed by atoms with Gasteiger partial charge in [-0.25, -0.2) is 4.79 Å². The fourth-order valence-electron chi connectivity index (χ4n) is 0.911. The van der Waals surface area contributed by atoms with E-state index in [0.717, 1.165) is 0 Å². The lowest BCUT2D eigenvalue weighted by Crippen LogP contribution is -2.52. The summed E-state index contributed by atoms with van der Waals surface area (Å²) in [4.78, 5) is 11.1. The van der Waals surface area contributed by atoms with Crippen molar-refractivity contribution in [1.82, 2.24) is 5.32 Å². The number of rotatable bonds is 3. The Hall–Kier alpha value is -1.02. The lowest BCUT2D eigenvalue weighted by atomic mass is 10.1. The summed E-state index contributed by atoms with van der Waals surface area (Å²) in [5.74, 6) is 0. The molecule has 0 spiro atoms. The molecule has 0 radical (unpaired) electrons. The van der Waals surface area contributed by atoms with E-state index in [1.807, 2.05) is 0 Å². The maximum atomic E-state index is 12.1. The summed E-state index contributed by atoms with van der Waals surface area (Å²) in [6.07, 6.45) is -8.91. The Morgan fingerprint density at radius 3 is 2.12 bits per heavy atom. The van der Waals surface area contributed by atoms with Crippen LogP contribution in [0.1, 0.15) is 20.8 Å². The van der Waals surface area contributed by atoms with E-state index < -0.39 is 36.6 Å². The van der Waals surface area contributed by atoms with Gasteiger partial charge in [-0.3, -0.25) is 0 Å². The van der Waals surface area contributed by atoms with Gasteiger partial charge in [-0.05, 0) is 20.8 Å². The van der Waals surface area contributed by atoms with E-state index in [-0.39, 0.29) is 0 Å². The van der Waals surface area contributed by atoms with E-state index in [1.54, 1.807) is 5.32 Å². The van der Waals surface area contributed by atoms with Gasteiger partial charge in [-0.15, -0.1) is 0 Å². The van der Waals surface area contributed by atoms with Crippen LogP contribution in [0.25, 0.3) is 0 Å². The van der Waals surface area contributed by atoms with Crippen molar-refractivity contribution in [3.63, 3.8) is 0 Å².